The normalized spacial score (nSPS) is 14.7. The summed E-state index contributed by atoms with van der Waals surface area (Å²) >= 11 is 6.25. The standard InChI is InChI=1S/C14H19ClO3/c1-9(2)12-10(4-5-16)8-11(15)13-14(12)18-7-3-6-17-13/h8-9,16H,3-7H2,1-2H3. The molecule has 0 saturated carbocycles. The minimum atomic E-state index is 0.107. The Morgan fingerprint density at radius 2 is 1.94 bits per heavy atom. The first-order valence-electron chi connectivity index (χ1n) is 6.37. The second-order valence-corrected chi connectivity index (χ2v) is 5.18. The topological polar surface area (TPSA) is 38.7 Å². The van der Waals surface area contributed by atoms with Crippen molar-refractivity contribution < 1.29 is 14.6 Å². The van der Waals surface area contributed by atoms with E-state index in [0.717, 1.165) is 23.3 Å². The van der Waals surface area contributed by atoms with Crippen molar-refractivity contribution in [1.29, 1.82) is 0 Å². The molecule has 4 heteroatoms. The molecule has 1 aromatic carbocycles. The van der Waals surface area contributed by atoms with Gasteiger partial charge in [-0.1, -0.05) is 25.4 Å². The molecule has 18 heavy (non-hydrogen) atoms. The number of hydrogen-bond donors (Lipinski definition) is 1. The zero-order valence-corrected chi connectivity index (χ0v) is 11.6. The molecule has 0 unspecified atom stereocenters. The Labute approximate surface area is 113 Å². The van der Waals surface area contributed by atoms with Gasteiger partial charge in [0.2, 0.25) is 0 Å². The molecule has 1 aliphatic rings. The number of benzene rings is 1. The fraction of sp³-hybridized carbons (Fsp3) is 0.571. The highest BCUT2D eigenvalue weighted by atomic mass is 35.5. The molecule has 100 valence electrons. The lowest BCUT2D eigenvalue weighted by atomic mass is 9.94. The van der Waals surface area contributed by atoms with Crippen molar-refractivity contribution in [3.05, 3.63) is 22.2 Å². The fourth-order valence-electron chi connectivity index (χ4n) is 2.32. The maximum Gasteiger partial charge on any atom is 0.180 e. The van der Waals surface area contributed by atoms with Crippen molar-refractivity contribution >= 4 is 11.6 Å². The van der Waals surface area contributed by atoms with Crippen LogP contribution in [0.15, 0.2) is 6.07 Å². The molecule has 0 amide bonds. The summed E-state index contributed by atoms with van der Waals surface area (Å²) in [5.74, 6) is 1.72. The van der Waals surface area contributed by atoms with Crippen LogP contribution in [0, 0.1) is 0 Å². The molecule has 0 atom stereocenters. The van der Waals surface area contributed by atoms with E-state index in [4.69, 9.17) is 26.2 Å². The molecule has 3 nitrogen and oxygen atoms in total. The van der Waals surface area contributed by atoms with Crippen molar-refractivity contribution in [2.45, 2.75) is 32.6 Å². The average Bonchev–Trinajstić information content (AvgIpc) is 2.55. The van der Waals surface area contributed by atoms with Crippen LogP contribution in [-0.2, 0) is 6.42 Å². The van der Waals surface area contributed by atoms with Crippen molar-refractivity contribution in [2.24, 2.45) is 0 Å². The van der Waals surface area contributed by atoms with E-state index in [-0.39, 0.29) is 6.61 Å². The molecule has 1 aliphatic heterocycles. The zero-order valence-electron chi connectivity index (χ0n) is 10.8. The van der Waals surface area contributed by atoms with Crippen molar-refractivity contribution in [3.8, 4) is 11.5 Å². The molecule has 0 saturated heterocycles. The van der Waals surface area contributed by atoms with Crippen molar-refractivity contribution in [2.75, 3.05) is 19.8 Å². The van der Waals surface area contributed by atoms with Crippen LogP contribution in [0.4, 0.5) is 0 Å². The van der Waals surface area contributed by atoms with Crippen LogP contribution in [0.2, 0.25) is 5.02 Å². The van der Waals surface area contributed by atoms with Crippen molar-refractivity contribution in [3.63, 3.8) is 0 Å². The number of rotatable bonds is 3. The van der Waals surface area contributed by atoms with E-state index in [1.165, 1.54) is 0 Å². The van der Waals surface area contributed by atoms with Gasteiger partial charge in [0, 0.05) is 18.6 Å². The molecule has 0 fully saturated rings. The largest absolute Gasteiger partial charge is 0.489 e. The number of fused-ring (bicyclic) bond motifs is 1. The van der Waals surface area contributed by atoms with Crippen LogP contribution in [0.5, 0.6) is 11.5 Å². The fourth-order valence-corrected chi connectivity index (χ4v) is 2.59. The highest BCUT2D eigenvalue weighted by Crippen LogP contribution is 2.44. The molecule has 0 radical (unpaired) electrons. The molecule has 0 aliphatic carbocycles. The third-order valence-electron chi connectivity index (χ3n) is 3.05. The molecule has 2 rings (SSSR count). The number of hydrogen-bond acceptors (Lipinski definition) is 3. The number of halogens is 1. The predicted octanol–water partition coefficient (Wildman–Crippen LogP) is 3.16. The van der Waals surface area contributed by atoms with Gasteiger partial charge in [-0.3, -0.25) is 0 Å². The van der Waals surface area contributed by atoms with Crippen LogP contribution in [0.25, 0.3) is 0 Å². The van der Waals surface area contributed by atoms with E-state index in [2.05, 4.69) is 13.8 Å². The Hall–Kier alpha value is -0.930. The Kier molecular flexibility index (Phi) is 4.36. The summed E-state index contributed by atoms with van der Waals surface area (Å²) in [5, 5.41) is 9.73. The number of aliphatic hydroxyl groups excluding tert-OH is 1. The molecule has 0 spiro atoms. The summed E-state index contributed by atoms with van der Waals surface area (Å²) in [6.07, 6.45) is 1.45. The van der Waals surface area contributed by atoms with Crippen LogP contribution in [-0.4, -0.2) is 24.9 Å². The van der Waals surface area contributed by atoms with E-state index in [1.807, 2.05) is 6.07 Å². The minimum Gasteiger partial charge on any atom is -0.489 e. The maximum atomic E-state index is 9.16. The van der Waals surface area contributed by atoms with Gasteiger partial charge >= 0.3 is 0 Å². The number of aliphatic hydroxyl groups is 1. The molecule has 0 aromatic heterocycles. The van der Waals surface area contributed by atoms with Gasteiger partial charge in [0.1, 0.15) is 0 Å². The lowest BCUT2D eigenvalue weighted by Crippen LogP contribution is -2.05. The quantitative estimate of drug-likeness (QED) is 0.917. The first-order chi connectivity index (χ1) is 8.65. The van der Waals surface area contributed by atoms with E-state index < -0.39 is 0 Å². The summed E-state index contributed by atoms with van der Waals surface area (Å²) in [4.78, 5) is 0. The Morgan fingerprint density at radius 1 is 1.28 bits per heavy atom. The van der Waals surface area contributed by atoms with E-state index >= 15 is 0 Å². The monoisotopic (exact) mass is 270 g/mol. The SMILES string of the molecule is CC(C)c1c(CCO)cc(Cl)c2c1OCCCO2. The summed E-state index contributed by atoms with van der Waals surface area (Å²) in [6.45, 7) is 5.60. The van der Waals surface area contributed by atoms with Gasteiger partial charge in [-0.05, 0) is 24.0 Å². The highest BCUT2D eigenvalue weighted by Gasteiger charge is 2.23. The molecular weight excluding hydrogens is 252 g/mol. The van der Waals surface area contributed by atoms with Gasteiger partial charge in [0.15, 0.2) is 11.5 Å². The second-order valence-electron chi connectivity index (χ2n) is 4.77. The van der Waals surface area contributed by atoms with Gasteiger partial charge in [-0.2, -0.15) is 0 Å². The van der Waals surface area contributed by atoms with Crippen LogP contribution in [0.1, 0.15) is 37.3 Å². The Balaban J connectivity index is 2.57. The van der Waals surface area contributed by atoms with Crippen molar-refractivity contribution in [1.82, 2.24) is 0 Å². The summed E-state index contributed by atoms with van der Waals surface area (Å²) < 4.78 is 11.5. The molecule has 1 heterocycles. The maximum absolute atomic E-state index is 9.16. The van der Waals surface area contributed by atoms with Crippen LogP contribution in [0.3, 0.4) is 0 Å². The Morgan fingerprint density at radius 3 is 2.56 bits per heavy atom. The van der Waals surface area contributed by atoms with Gasteiger partial charge in [0.05, 0.1) is 18.2 Å². The minimum absolute atomic E-state index is 0.107. The van der Waals surface area contributed by atoms with Gasteiger partial charge in [0.25, 0.3) is 0 Å². The third-order valence-corrected chi connectivity index (χ3v) is 3.34. The number of ether oxygens (including phenoxy) is 2. The molecular formula is C14H19ClO3. The summed E-state index contributed by atoms with van der Waals surface area (Å²) in [7, 11) is 0. The third kappa shape index (κ3) is 2.57. The second kappa shape index (κ2) is 5.81. The molecule has 1 N–H and O–H groups in total. The smallest absolute Gasteiger partial charge is 0.180 e. The molecule has 0 bridgehead atoms. The van der Waals surface area contributed by atoms with E-state index in [9.17, 15) is 0 Å². The van der Waals surface area contributed by atoms with Crippen LogP contribution < -0.4 is 9.47 Å². The predicted molar refractivity (Wildman–Crippen MR) is 71.9 cm³/mol. The highest BCUT2D eigenvalue weighted by molar-refractivity contribution is 6.32. The van der Waals surface area contributed by atoms with E-state index in [1.54, 1.807) is 0 Å². The zero-order chi connectivity index (χ0) is 13.1. The average molecular weight is 271 g/mol. The van der Waals surface area contributed by atoms with Gasteiger partial charge in [-0.15, -0.1) is 0 Å². The molecule has 1 aromatic rings. The first-order valence-corrected chi connectivity index (χ1v) is 6.74. The first kappa shape index (κ1) is 13.5. The lowest BCUT2D eigenvalue weighted by Gasteiger charge is -2.20. The van der Waals surface area contributed by atoms with Crippen LogP contribution >= 0.6 is 11.6 Å². The summed E-state index contributed by atoms with van der Waals surface area (Å²) in [5.41, 5.74) is 2.15. The van der Waals surface area contributed by atoms with Gasteiger partial charge < -0.3 is 14.6 Å². The summed E-state index contributed by atoms with van der Waals surface area (Å²) in [6, 6.07) is 1.89. The Bertz CT molecular complexity index is 430. The van der Waals surface area contributed by atoms with E-state index in [0.29, 0.717) is 36.3 Å². The lowest BCUT2D eigenvalue weighted by molar-refractivity contribution is 0.294. The van der Waals surface area contributed by atoms with Gasteiger partial charge in [-0.25, -0.2) is 0 Å².